The van der Waals surface area contributed by atoms with E-state index in [1.165, 1.54) is 37.2 Å². The monoisotopic (exact) mass is 349 g/mol. The standard InChI is InChI=1S/C17H27N5OS/c1-12-18-17(24-20-12)22-8-2-7-21(9-10-22)11-15(23)19-16(13-3-4-13)14-5-6-14/h13-14,16H,2-11H2,1H3,(H,19,23). The number of anilines is 1. The number of aryl methyl sites for hydroxylation is 1. The summed E-state index contributed by atoms with van der Waals surface area (Å²) in [4.78, 5) is 21.6. The van der Waals surface area contributed by atoms with Gasteiger partial charge < -0.3 is 10.2 Å². The van der Waals surface area contributed by atoms with E-state index in [1.54, 1.807) is 0 Å². The zero-order valence-corrected chi connectivity index (χ0v) is 15.2. The molecule has 7 heteroatoms. The normalized spacial score (nSPS) is 22.7. The molecule has 0 unspecified atom stereocenters. The lowest BCUT2D eigenvalue weighted by molar-refractivity contribution is -0.123. The molecule has 0 spiro atoms. The van der Waals surface area contributed by atoms with Gasteiger partial charge in [0.25, 0.3) is 0 Å². The zero-order chi connectivity index (χ0) is 16.5. The molecule has 0 aromatic carbocycles. The van der Waals surface area contributed by atoms with Gasteiger partial charge in [-0.25, -0.2) is 4.98 Å². The molecule has 2 heterocycles. The highest BCUT2D eigenvalue weighted by molar-refractivity contribution is 7.09. The Labute approximate surface area is 147 Å². The van der Waals surface area contributed by atoms with Crippen LogP contribution in [0.3, 0.4) is 0 Å². The van der Waals surface area contributed by atoms with Gasteiger partial charge in [-0.1, -0.05) is 0 Å². The van der Waals surface area contributed by atoms with E-state index < -0.39 is 0 Å². The second-order valence-corrected chi connectivity index (χ2v) is 8.24. The largest absolute Gasteiger partial charge is 0.352 e. The second kappa shape index (κ2) is 6.96. The van der Waals surface area contributed by atoms with Gasteiger partial charge in [0.15, 0.2) is 0 Å². The first kappa shape index (κ1) is 16.3. The van der Waals surface area contributed by atoms with Crippen molar-refractivity contribution in [2.75, 3.05) is 37.6 Å². The number of nitrogens with zero attached hydrogens (tertiary/aromatic N) is 4. The third-order valence-corrected chi connectivity index (χ3v) is 6.20. The number of nitrogens with one attached hydrogen (secondary N) is 1. The predicted octanol–water partition coefficient (Wildman–Crippen LogP) is 1.66. The highest BCUT2D eigenvalue weighted by Crippen LogP contribution is 2.44. The fourth-order valence-electron chi connectivity index (χ4n) is 3.70. The summed E-state index contributed by atoms with van der Waals surface area (Å²) in [6.07, 6.45) is 6.30. The van der Waals surface area contributed by atoms with E-state index in [2.05, 4.69) is 24.5 Å². The SMILES string of the molecule is Cc1nsc(N2CCCN(CC(=O)NC(C3CC3)C3CC3)CC2)n1. The van der Waals surface area contributed by atoms with E-state index in [0.717, 1.165) is 55.4 Å². The van der Waals surface area contributed by atoms with Crippen LogP contribution in [-0.4, -0.2) is 58.9 Å². The van der Waals surface area contributed by atoms with Crippen LogP contribution in [0.4, 0.5) is 5.13 Å². The number of carbonyl (C=O) groups excluding carboxylic acids is 1. The Hall–Kier alpha value is -1.21. The molecule has 2 saturated carbocycles. The smallest absolute Gasteiger partial charge is 0.234 e. The van der Waals surface area contributed by atoms with Crippen LogP contribution in [0, 0.1) is 18.8 Å². The van der Waals surface area contributed by atoms with Crippen LogP contribution in [0.1, 0.15) is 37.9 Å². The summed E-state index contributed by atoms with van der Waals surface area (Å²) in [5, 5.41) is 4.36. The summed E-state index contributed by atoms with van der Waals surface area (Å²) < 4.78 is 4.28. The molecule has 3 aliphatic rings. The molecule has 1 saturated heterocycles. The molecule has 1 aliphatic heterocycles. The minimum atomic E-state index is 0.221. The Balaban J connectivity index is 1.26. The average Bonchev–Trinajstić information content (AvgIpc) is 3.46. The maximum atomic E-state index is 12.5. The van der Waals surface area contributed by atoms with Crippen LogP contribution in [0.15, 0.2) is 0 Å². The fourth-order valence-corrected chi connectivity index (χ4v) is 4.43. The number of rotatable bonds is 6. The van der Waals surface area contributed by atoms with E-state index in [4.69, 9.17) is 0 Å². The number of aromatic nitrogens is 2. The summed E-state index contributed by atoms with van der Waals surface area (Å²) >= 11 is 1.48. The van der Waals surface area contributed by atoms with Gasteiger partial charge in [0.05, 0.1) is 6.54 Å². The molecule has 1 N–H and O–H groups in total. The third kappa shape index (κ3) is 4.06. The molecule has 4 rings (SSSR count). The maximum absolute atomic E-state index is 12.5. The van der Waals surface area contributed by atoms with Gasteiger partial charge in [0.2, 0.25) is 11.0 Å². The van der Waals surface area contributed by atoms with Crippen molar-refractivity contribution in [3.8, 4) is 0 Å². The molecular weight excluding hydrogens is 322 g/mol. The molecule has 1 amide bonds. The Bertz CT molecular complexity index is 571. The second-order valence-electron chi connectivity index (χ2n) is 7.51. The molecule has 24 heavy (non-hydrogen) atoms. The molecule has 0 radical (unpaired) electrons. The van der Waals surface area contributed by atoms with Crippen LogP contribution in [0.5, 0.6) is 0 Å². The van der Waals surface area contributed by atoms with Crippen molar-refractivity contribution in [3.63, 3.8) is 0 Å². The summed E-state index contributed by atoms with van der Waals surface area (Å²) in [6, 6.07) is 0.463. The first-order chi connectivity index (χ1) is 11.7. The molecular formula is C17H27N5OS. The number of carbonyl (C=O) groups is 1. The quantitative estimate of drug-likeness (QED) is 0.846. The summed E-state index contributed by atoms with van der Waals surface area (Å²) in [5.41, 5.74) is 0. The van der Waals surface area contributed by atoms with Crippen molar-refractivity contribution in [2.24, 2.45) is 11.8 Å². The van der Waals surface area contributed by atoms with E-state index in [1.807, 2.05) is 6.92 Å². The van der Waals surface area contributed by atoms with Crippen molar-refractivity contribution in [1.29, 1.82) is 0 Å². The third-order valence-electron chi connectivity index (χ3n) is 5.33. The molecule has 3 fully saturated rings. The zero-order valence-electron chi connectivity index (χ0n) is 14.4. The van der Waals surface area contributed by atoms with Gasteiger partial charge in [0, 0.05) is 43.8 Å². The van der Waals surface area contributed by atoms with Crippen molar-refractivity contribution >= 4 is 22.6 Å². The van der Waals surface area contributed by atoms with Crippen molar-refractivity contribution in [1.82, 2.24) is 19.6 Å². The highest BCUT2D eigenvalue weighted by atomic mass is 32.1. The molecule has 0 atom stereocenters. The number of amides is 1. The first-order valence-electron chi connectivity index (χ1n) is 9.26. The maximum Gasteiger partial charge on any atom is 0.234 e. The van der Waals surface area contributed by atoms with Crippen molar-refractivity contribution in [3.05, 3.63) is 5.82 Å². The first-order valence-corrected chi connectivity index (χ1v) is 10.0. The Morgan fingerprint density at radius 3 is 2.58 bits per heavy atom. The Morgan fingerprint density at radius 2 is 1.96 bits per heavy atom. The predicted molar refractivity (Wildman–Crippen MR) is 95.3 cm³/mol. The molecule has 1 aromatic heterocycles. The Morgan fingerprint density at radius 1 is 1.21 bits per heavy atom. The van der Waals surface area contributed by atoms with E-state index in [9.17, 15) is 4.79 Å². The average molecular weight is 350 g/mol. The van der Waals surface area contributed by atoms with Crippen LogP contribution in [-0.2, 0) is 4.79 Å². The lowest BCUT2D eigenvalue weighted by atomic mass is 10.1. The number of hydrogen-bond donors (Lipinski definition) is 1. The van der Waals surface area contributed by atoms with Gasteiger partial charge in [0.1, 0.15) is 5.82 Å². The van der Waals surface area contributed by atoms with Crippen LogP contribution in [0.25, 0.3) is 0 Å². The Kier molecular flexibility index (Phi) is 4.72. The summed E-state index contributed by atoms with van der Waals surface area (Å²) in [5.74, 6) is 2.60. The molecule has 6 nitrogen and oxygen atoms in total. The van der Waals surface area contributed by atoms with E-state index >= 15 is 0 Å². The van der Waals surface area contributed by atoms with Gasteiger partial charge in [-0.3, -0.25) is 9.69 Å². The van der Waals surface area contributed by atoms with Gasteiger partial charge >= 0.3 is 0 Å². The van der Waals surface area contributed by atoms with Crippen LogP contribution < -0.4 is 10.2 Å². The van der Waals surface area contributed by atoms with E-state index in [-0.39, 0.29) is 5.91 Å². The minimum Gasteiger partial charge on any atom is -0.352 e. The van der Waals surface area contributed by atoms with Gasteiger partial charge in [-0.2, -0.15) is 4.37 Å². The molecule has 132 valence electrons. The minimum absolute atomic E-state index is 0.221. The lowest BCUT2D eigenvalue weighted by Gasteiger charge is -2.23. The van der Waals surface area contributed by atoms with E-state index in [0.29, 0.717) is 12.6 Å². The van der Waals surface area contributed by atoms with Crippen molar-refractivity contribution < 1.29 is 4.79 Å². The van der Waals surface area contributed by atoms with Crippen LogP contribution in [0.2, 0.25) is 0 Å². The highest BCUT2D eigenvalue weighted by Gasteiger charge is 2.42. The van der Waals surface area contributed by atoms with Gasteiger partial charge in [-0.05, 0) is 50.9 Å². The molecule has 2 aliphatic carbocycles. The molecule has 0 bridgehead atoms. The van der Waals surface area contributed by atoms with Crippen molar-refractivity contribution in [2.45, 2.75) is 45.1 Å². The summed E-state index contributed by atoms with van der Waals surface area (Å²) in [7, 11) is 0. The van der Waals surface area contributed by atoms with Crippen LogP contribution >= 0.6 is 11.5 Å². The lowest BCUT2D eigenvalue weighted by Crippen LogP contribution is -2.44. The summed E-state index contributed by atoms with van der Waals surface area (Å²) in [6.45, 7) is 6.31. The number of hydrogen-bond acceptors (Lipinski definition) is 6. The topological polar surface area (TPSA) is 61.4 Å². The molecule has 1 aromatic rings. The fraction of sp³-hybridized carbons (Fsp3) is 0.824. The van der Waals surface area contributed by atoms with Gasteiger partial charge in [-0.15, -0.1) is 0 Å².